The smallest absolute Gasteiger partial charge is 0.250 e. The van der Waals surface area contributed by atoms with Crippen LogP contribution in [0.5, 0.6) is 11.5 Å². The third-order valence-electron chi connectivity index (χ3n) is 13.9. The Morgan fingerprint density at radius 1 is 0.616 bits per heavy atom. The Balaban J connectivity index is 1.20. The first kappa shape index (κ1) is 56.9. The Labute approximate surface area is 430 Å². The highest BCUT2D eigenvalue weighted by atomic mass is 32.2. The lowest BCUT2D eigenvalue weighted by Crippen LogP contribution is -2.40. The number of ether oxygens (including phenoxy) is 3. The predicted octanol–water partition coefficient (Wildman–Crippen LogP) is 2.35. The summed E-state index contributed by atoms with van der Waals surface area (Å²) in [4.78, 5) is 34.3. The molecular formula is C52H74N8O11S2. The molecule has 0 saturated carbocycles. The zero-order chi connectivity index (χ0) is 53.0. The molecule has 2 aliphatic heterocycles. The van der Waals surface area contributed by atoms with Crippen LogP contribution in [0.15, 0.2) is 70.5 Å². The molecular weight excluding hydrogens is 977 g/mol. The van der Waals surface area contributed by atoms with Gasteiger partial charge in [-0.1, -0.05) is 24.3 Å². The minimum absolute atomic E-state index is 0.0458. The standard InChI is InChI=1S/C52H74N8O11S2/c1-35(27-39-29-41-13-19-59(15-5-23-61)49(41)43(31-39)51(53)63)57(17-11-37-7-9-45(69-3)47(33-37)72(55,65)66)21-25-71-26-22-58(18-12-38-8-10-46(70-4)48(34-38)73(56,67)68)36(2)28-40-30-42-14-20-60(16-6-24-62)50(42)44(32-40)52(54)64/h7-10,29-36,61-62H,5-6,11-28H2,1-4H3,(H2,53,63)(H2,54,64)(H2,55,65,66)(H2,56,67,68). The average Bonchev–Trinajstić information content (AvgIpc) is 3.96. The molecule has 4 aromatic rings. The molecule has 73 heavy (non-hydrogen) atoms. The highest BCUT2D eigenvalue weighted by molar-refractivity contribution is 7.89. The van der Waals surface area contributed by atoms with Gasteiger partial charge in [0.1, 0.15) is 21.3 Å². The lowest BCUT2D eigenvalue weighted by molar-refractivity contribution is 0.0653. The second-order valence-corrected chi connectivity index (χ2v) is 22.1. The van der Waals surface area contributed by atoms with Crippen LogP contribution in [-0.2, 0) is 63.3 Å². The number of rotatable bonds is 30. The summed E-state index contributed by atoms with van der Waals surface area (Å²) in [6.45, 7) is 9.78. The maximum Gasteiger partial charge on any atom is 0.250 e. The second-order valence-electron chi connectivity index (χ2n) is 19.0. The van der Waals surface area contributed by atoms with E-state index in [1.165, 1.54) is 14.2 Å². The number of anilines is 2. The number of fused-ring (bicyclic) bond motifs is 2. The number of primary amides is 2. The molecule has 0 aliphatic carbocycles. The topological polar surface area (TPSA) is 288 Å². The summed E-state index contributed by atoms with van der Waals surface area (Å²) >= 11 is 0. The van der Waals surface area contributed by atoms with Crippen molar-refractivity contribution < 1.29 is 50.8 Å². The number of benzene rings is 4. The minimum Gasteiger partial charge on any atom is -0.495 e. The van der Waals surface area contributed by atoms with E-state index >= 15 is 0 Å². The second kappa shape index (κ2) is 25.7. The number of carbonyl (C=O) groups excluding carboxylic acids is 2. The van der Waals surface area contributed by atoms with Gasteiger partial charge in [0.25, 0.3) is 11.8 Å². The Bertz CT molecular complexity index is 2610. The van der Waals surface area contributed by atoms with Gasteiger partial charge in [0.05, 0.1) is 49.9 Å². The number of sulfonamides is 2. The van der Waals surface area contributed by atoms with Crippen molar-refractivity contribution in [1.82, 2.24) is 9.80 Å². The number of nitrogens with two attached hydrogens (primary N) is 4. The summed E-state index contributed by atoms with van der Waals surface area (Å²) in [7, 11) is -5.35. The highest BCUT2D eigenvalue weighted by Crippen LogP contribution is 2.36. The third-order valence-corrected chi connectivity index (χ3v) is 15.8. The highest BCUT2D eigenvalue weighted by Gasteiger charge is 2.29. The van der Waals surface area contributed by atoms with E-state index in [4.69, 9.17) is 36.0 Å². The number of primary sulfonamides is 2. The van der Waals surface area contributed by atoms with Crippen LogP contribution < -0.4 is 41.0 Å². The number of hydrogen-bond donors (Lipinski definition) is 6. The molecule has 0 fully saturated rings. The fourth-order valence-corrected chi connectivity index (χ4v) is 11.7. The summed E-state index contributed by atoms with van der Waals surface area (Å²) in [5, 5.41) is 30.1. The van der Waals surface area contributed by atoms with Crippen LogP contribution in [0.25, 0.3) is 0 Å². The van der Waals surface area contributed by atoms with Gasteiger partial charge in [-0.3, -0.25) is 19.4 Å². The van der Waals surface area contributed by atoms with E-state index in [0.29, 0.717) is 102 Å². The van der Waals surface area contributed by atoms with Crippen molar-refractivity contribution in [2.45, 2.75) is 87.1 Å². The average molecular weight is 1050 g/mol. The summed E-state index contributed by atoms with van der Waals surface area (Å²) in [6.07, 6.45) is 4.79. The molecule has 0 bridgehead atoms. The summed E-state index contributed by atoms with van der Waals surface area (Å²) in [5.74, 6) is -0.706. The molecule has 0 aromatic heterocycles. The van der Waals surface area contributed by atoms with E-state index in [-0.39, 0.29) is 46.6 Å². The quantitative estimate of drug-likeness (QED) is 0.0409. The van der Waals surface area contributed by atoms with Gasteiger partial charge in [-0.25, -0.2) is 27.1 Å². The molecule has 2 aliphatic rings. The van der Waals surface area contributed by atoms with E-state index < -0.39 is 31.9 Å². The zero-order valence-electron chi connectivity index (χ0n) is 42.6. The predicted molar refractivity (Wildman–Crippen MR) is 282 cm³/mol. The summed E-state index contributed by atoms with van der Waals surface area (Å²) in [5.41, 5.74) is 20.0. The maximum absolute atomic E-state index is 12.8. The number of hydrogen-bond acceptors (Lipinski definition) is 15. The molecule has 0 spiro atoms. The molecule has 0 radical (unpaired) electrons. The van der Waals surface area contributed by atoms with E-state index in [9.17, 15) is 36.6 Å². The Hall–Kier alpha value is -5.36. The van der Waals surface area contributed by atoms with Gasteiger partial charge in [-0.2, -0.15) is 0 Å². The van der Waals surface area contributed by atoms with Gasteiger partial charge in [-0.15, -0.1) is 0 Å². The van der Waals surface area contributed by atoms with Gasteiger partial charge in [0.2, 0.25) is 20.0 Å². The Kier molecular flexibility index (Phi) is 20.1. The maximum atomic E-state index is 12.8. The Morgan fingerprint density at radius 2 is 1.01 bits per heavy atom. The van der Waals surface area contributed by atoms with Gasteiger partial charge in [-0.05, 0) is 135 Å². The van der Waals surface area contributed by atoms with Crippen LogP contribution in [0, 0.1) is 0 Å². The van der Waals surface area contributed by atoms with E-state index in [0.717, 1.165) is 70.7 Å². The van der Waals surface area contributed by atoms with Crippen molar-refractivity contribution >= 4 is 43.2 Å². The van der Waals surface area contributed by atoms with Crippen LogP contribution in [0.2, 0.25) is 0 Å². The SMILES string of the molecule is COc1ccc(CCN(CCOCCN(CCc2ccc(OC)c(S(N)(=O)=O)c2)C(C)Cc2cc3c(c(C(N)=O)c2)N(CCCO)CC3)C(C)Cc2cc3c(c(C(N)=O)c2)N(CCCO)CC3)cc1S(N)(=O)=O. The summed E-state index contributed by atoms with van der Waals surface area (Å²) in [6, 6.07) is 17.8. The number of aliphatic hydroxyl groups is 2. The van der Waals surface area contributed by atoms with Crippen molar-refractivity contribution in [3.8, 4) is 11.5 Å². The molecule has 10 N–H and O–H groups in total. The van der Waals surface area contributed by atoms with Crippen LogP contribution in [0.3, 0.4) is 0 Å². The first-order valence-electron chi connectivity index (χ1n) is 24.8. The van der Waals surface area contributed by atoms with Crippen LogP contribution in [0.1, 0.15) is 80.8 Å². The fourth-order valence-electron chi connectivity index (χ4n) is 10.2. The van der Waals surface area contributed by atoms with Crippen LogP contribution in [-0.4, -0.2) is 154 Å². The lowest BCUT2D eigenvalue weighted by atomic mass is 9.97. The summed E-state index contributed by atoms with van der Waals surface area (Å²) < 4.78 is 67.0. The normalized spacial score (nSPS) is 14.4. The van der Waals surface area contributed by atoms with E-state index in [1.807, 2.05) is 24.3 Å². The van der Waals surface area contributed by atoms with Crippen molar-refractivity contribution in [1.29, 1.82) is 0 Å². The molecule has 0 saturated heterocycles. The minimum atomic E-state index is -4.06. The molecule has 2 atom stereocenters. The van der Waals surface area contributed by atoms with Gasteiger partial charge < -0.3 is 45.7 Å². The lowest BCUT2D eigenvalue weighted by Gasteiger charge is -2.31. The molecule has 19 nitrogen and oxygen atoms in total. The monoisotopic (exact) mass is 1050 g/mol. The molecule has 2 unspecified atom stereocenters. The van der Waals surface area contributed by atoms with Crippen LogP contribution in [0.4, 0.5) is 11.4 Å². The van der Waals surface area contributed by atoms with Gasteiger partial charge in [0, 0.05) is 77.7 Å². The van der Waals surface area contributed by atoms with Gasteiger partial charge >= 0.3 is 0 Å². The number of aliphatic hydroxyl groups excluding tert-OH is 2. The number of carbonyl (C=O) groups is 2. The number of methoxy groups -OCH3 is 2. The Morgan fingerprint density at radius 3 is 1.36 bits per heavy atom. The fraction of sp³-hybridized carbons (Fsp3) is 0.500. The van der Waals surface area contributed by atoms with Gasteiger partial charge in [0.15, 0.2) is 0 Å². The van der Waals surface area contributed by atoms with Crippen molar-refractivity contribution in [3.63, 3.8) is 0 Å². The number of amides is 2. The molecule has 21 heteroatoms. The number of nitrogens with zero attached hydrogens (tertiary/aromatic N) is 4. The van der Waals surface area contributed by atoms with Crippen molar-refractivity contribution in [3.05, 3.63) is 105 Å². The van der Waals surface area contributed by atoms with Crippen molar-refractivity contribution in [2.75, 3.05) is 103 Å². The first-order chi connectivity index (χ1) is 34.8. The van der Waals surface area contributed by atoms with Crippen LogP contribution >= 0.6 is 0 Å². The molecule has 2 amide bonds. The largest absolute Gasteiger partial charge is 0.495 e. The van der Waals surface area contributed by atoms with Crippen molar-refractivity contribution in [2.24, 2.45) is 21.7 Å². The van der Waals surface area contributed by atoms with E-state index in [2.05, 4.69) is 45.6 Å². The van der Waals surface area contributed by atoms with E-state index in [1.54, 1.807) is 24.3 Å². The molecule has 4 aromatic carbocycles. The molecule has 2 heterocycles. The zero-order valence-corrected chi connectivity index (χ0v) is 44.2. The molecule has 400 valence electrons. The molecule has 6 rings (SSSR count). The third kappa shape index (κ3) is 14.9. The first-order valence-corrected chi connectivity index (χ1v) is 27.9.